The van der Waals surface area contributed by atoms with Gasteiger partial charge in [-0.1, -0.05) is 39.0 Å². The Morgan fingerprint density at radius 2 is 1.79 bits per heavy atom. The van der Waals surface area contributed by atoms with Gasteiger partial charge in [0.2, 0.25) is 0 Å². The second-order valence-corrected chi connectivity index (χ2v) is 9.70. The molecular formula is C31H27F3N4O. The predicted molar refractivity (Wildman–Crippen MR) is 147 cm³/mol. The fourth-order valence-corrected chi connectivity index (χ4v) is 4.62. The summed E-state index contributed by atoms with van der Waals surface area (Å²) < 4.78 is 41.4. The number of benzene rings is 3. The number of carbonyl (C=O) groups excluding carboxylic acids is 1. The molecule has 5 nitrogen and oxygen atoms in total. The van der Waals surface area contributed by atoms with E-state index in [-0.39, 0.29) is 11.6 Å². The van der Waals surface area contributed by atoms with Crippen molar-refractivity contribution in [2.24, 2.45) is 0 Å². The number of alkyl halides is 3. The van der Waals surface area contributed by atoms with Crippen molar-refractivity contribution in [3.8, 4) is 22.4 Å². The molecule has 0 saturated carbocycles. The maximum atomic E-state index is 13.1. The van der Waals surface area contributed by atoms with Crippen molar-refractivity contribution in [2.45, 2.75) is 39.3 Å². The molecule has 0 unspecified atom stereocenters. The SMILES string of the molecule is CCc1ccc(C(=O)Nc2cccc(C(F)(F)F)c2)cc1-c1cc(-c2cnc3cnccn23)cc(C(C)C)c1. The van der Waals surface area contributed by atoms with E-state index in [1.807, 2.05) is 35.9 Å². The number of fused-ring (bicyclic) bond motifs is 1. The monoisotopic (exact) mass is 528 g/mol. The van der Waals surface area contributed by atoms with Crippen molar-refractivity contribution in [2.75, 3.05) is 5.32 Å². The average molecular weight is 529 g/mol. The van der Waals surface area contributed by atoms with Gasteiger partial charge < -0.3 is 5.32 Å². The van der Waals surface area contributed by atoms with Crippen LogP contribution in [0.3, 0.4) is 0 Å². The van der Waals surface area contributed by atoms with Crippen molar-refractivity contribution in [3.63, 3.8) is 0 Å². The number of aromatic nitrogens is 3. The number of amides is 1. The first-order valence-electron chi connectivity index (χ1n) is 12.7. The Hall–Kier alpha value is -4.46. The minimum Gasteiger partial charge on any atom is -0.322 e. The van der Waals surface area contributed by atoms with E-state index in [4.69, 9.17) is 0 Å². The average Bonchev–Trinajstić information content (AvgIpc) is 3.36. The molecule has 0 fully saturated rings. The lowest BCUT2D eigenvalue weighted by molar-refractivity contribution is -0.137. The zero-order valence-electron chi connectivity index (χ0n) is 21.8. The van der Waals surface area contributed by atoms with Gasteiger partial charge >= 0.3 is 6.18 Å². The molecule has 5 rings (SSSR count). The highest BCUT2D eigenvalue weighted by molar-refractivity contribution is 6.05. The van der Waals surface area contributed by atoms with Gasteiger partial charge in [-0.25, -0.2) is 4.98 Å². The Kier molecular flexibility index (Phi) is 6.95. The van der Waals surface area contributed by atoms with Gasteiger partial charge in [-0.2, -0.15) is 13.2 Å². The molecule has 0 aliphatic carbocycles. The van der Waals surface area contributed by atoms with E-state index in [0.29, 0.717) is 5.56 Å². The summed E-state index contributed by atoms with van der Waals surface area (Å²) in [5.74, 6) is -0.227. The third-order valence-corrected chi connectivity index (χ3v) is 6.75. The number of aryl methyl sites for hydroxylation is 1. The molecule has 3 aromatic carbocycles. The minimum absolute atomic E-state index is 0.0853. The number of hydrogen-bond donors (Lipinski definition) is 1. The van der Waals surface area contributed by atoms with Crippen LogP contribution in [-0.2, 0) is 12.6 Å². The maximum Gasteiger partial charge on any atom is 0.416 e. The lowest BCUT2D eigenvalue weighted by atomic mass is 9.90. The highest BCUT2D eigenvalue weighted by Crippen LogP contribution is 2.34. The largest absolute Gasteiger partial charge is 0.416 e. The molecule has 0 atom stereocenters. The van der Waals surface area contributed by atoms with Crippen molar-refractivity contribution in [3.05, 3.63) is 108 Å². The van der Waals surface area contributed by atoms with Crippen LogP contribution in [0, 0.1) is 0 Å². The van der Waals surface area contributed by atoms with E-state index in [2.05, 4.69) is 47.3 Å². The van der Waals surface area contributed by atoms with Gasteiger partial charge in [-0.15, -0.1) is 0 Å². The van der Waals surface area contributed by atoms with Crippen LogP contribution in [0.5, 0.6) is 0 Å². The van der Waals surface area contributed by atoms with Crippen LogP contribution < -0.4 is 5.32 Å². The van der Waals surface area contributed by atoms with Crippen LogP contribution in [-0.4, -0.2) is 20.3 Å². The molecule has 39 heavy (non-hydrogen) atoms. The molecule has 0 saturated heterocycles. The quantitative estimate of drug-likeness (QED) is 0.243. The first-order chi connectivity index (χ1) is 18.6. The zero-order valence-corrected chi connectivity index (χ0v) is 21.8. The summed E-state index contributed by atoms with van der Waals surface area (Å²) >= 11 is 0. The minimum atomic E-state index is -4.49. The molecule has 0 spiro atoms. The molecule has 0 aliphatic rings. The van der Waals surface area contributed by atoms with E-state index >= 15 is 0 Å². The molecule has 0 aliphatic heterocycles. The molecule has 0 bridgehead atoms. The summed E-state index contributed by atoms with van der Waals surface area (Å²) in [6, 6.07) is 16.4. The predicted octanol–water partition coefficient (Wildman–Crippen LogP) is 8.02. The summed E-state index contributed by atoms with van der Waals surface area (Å²) in [6.07, 6.45) is 3.36. The van der Waals surface area contributed by atoms with E-state index in [9.17, 15) is 18.0 Å². The van der Waals surface area contributed by atoms with Crippen molar-refractivity contribution >= 4 is 17.2 Å². The molecule has 1 N–H and O–H groups in total. The number of nitrogens with one attached hydrogen (secondary N) is 1. The molecule has 0 radical (unpaired) electrons. The van der Waals surface area contributed by atoms with Gasteiger partial charge in [0.25, 0.3) is 5.91 Å². The van der Waals surface area contributed by atoms with Crippen molar-refractivity contribution < 1.29 is 18.0 Å². The Balaban J connectivity index is 1.56. The fourth-order valence-electron chi connectivity index (χ4n) is 4.62. The highest BCUT2D eigenvalue weighted by atomic mass is 19.4. The summed E-state index contributed by atoms with van der Waals surface area (Å²) in [7, 11) is 0. The second kappa shape index (κ2) is 10.4. The molecule has 1 amide bonds. The summed E-state index contributed by atoms with van der Waals surface area (Å²) in [5, 5.41) is 2.61. The van der Waals surface area contributed by atoms with E-state index < -0.39 is 17.6 Å². The van der Waals surface area contributed by atoms with Crippen LogP contribution in [0.4, 0.5) is 18.9 Å². The van der Waals surface area contributed by atoms with Crippen LogP contribution >= 0.6 is 0 Å². The molecule has 2 heterocycles. The first-order valence-corrected chi connectivity index (χ1v) is 12.7. The smallest absolute Gasteiger partial charge is 0.322 e. The Morgan fingerprint density at radius 1 is 1.00 bits per heavy atom. The third kappa shape index (κ3) is 5.41. The number of anilines is 1. The topological polar surface area (TPSA) is 59.3 Å². The van der Waals surface area contributed by atoms with Crippen LogP contribution in [0.1, 0.15) is 53.7 Å². The molecular weight excluding hydrogens is 501 g/mol. The Labute approximate surface area is 224 Å². The number of carbonyl (C=O) groups is 1. The van der Waals surface area contributed by atoms with Crippen LogP contribution in [0.15, 0.2) is 85.5 Å². The highest BCUT2D eigenvalue weighted by Gasteiger charge is 2.30. The van der Waals surface area contributed by atoms with E-state index in [1.54, 1.807) is 18.5 Å². The van der Waals surface area contributed by atoms with Crippen molar-refractivity contribution in [1.29, 1.82) is 0 Å². The molecule has 2 aromatic heterocycles. The normalized spacial score (nSPS) is 11.8. The number of hydrogen-bond acceptors (Lipinski definition) is 3. The Bertz CT molecular complexity index is 1670. The zero-order chi connectivity index (χ0) is 27.7. The van der Waals surface area contributed by atoms with Gasteiger partial charge in [0, 0.05) is 29.2 Å². The van der Waals surface area contributed by atoms with E-state index in [0.717, 1.165) is 57.7 Å². The summed E-state index contributed by atoms with van der Waals surface area (Å²) in [5.41, 5.74) is 6.31. The van der Waals surface area contributed by atoms with Crippen LogP contribution in [0.25, 0.3) is 28.0 Å². The summed E-state index contributed by atoms with van der Waals surface area (Å²) in [4.78, 5) is 21.8. The lowest BCUT2D eigenvalue weighted by Gasteiger charge is -2.16. The van der Waals surface area contributed by atoms with Gasteiger partial charge in [-0.3, -0.25) is 14.2 Å². The molecule has 198 valence electrons. The first kappa shape index (κ1) is 26.2. The number of halogens is 3. The van der Waals surface area contributed by atoms with Gasteiger partial charge in [-0.05, 0) is 77.1 Å². The summed E-state index contributed by atoms with van der Waals surface area (Å²) in [6.45, 7) is 6.30. The fraction of sp³-hybridized carbons (Fsp3) is 0.194. The number of rotatable bonds is 6. The Morgan fingerprint density at radius 3 is 2.54 bits per heavy atom. The number of imidazole rings is 1. The third-order valence-electron chi connectivity index (χ3n) is 6.75. The van der Waals surface area contributed by atoms with Gasteiger partial charge in [0.15, 0.2) is 5.65 Å². The van der Waals surface area contributed by atoms with E-state index in [1.165, 1.54) is 12.1 Å². The van der Waals surface area contributed by atoms with Gasteiger partial charge in [0.05, 0.1) is 23.7 Å². The second-order valence-electron chi connectivity index (χ2n) is 9.70. The molecule has 8 heteroatoms. The standard InChI is InChI=1S/C31H27F3N4O/c1-4-20-8-9-21(30(39)37-26-7-5-6-25(16-26)31(32,33)34)15-27(20)23-12-22(19(2)3)13-24(14-23)28-17-36-29-18-35-10-11-38(28)29/h5-19H,4H2,1-3H3,(H,37,39). The van der Waals surface area contributed by atoms with Gasteiger partial charge in [0.1, 0.15) is 0 Å². The van der Waals surface area contributed by atoms with Crippen LogP contribution in [0.2, 0.25) is 0 Å². The van der Waals surface area contributed by atoms with Crippen molar-refractivity contribution in [1.82, 2.24) is 14.4 Å². The molecule has 5 aromatic rings. The maximum absolute atomic E-state index is 13.1. The lowest BCUT2D eigenvalue weighted by Crippen LogP contribution is -2.13. The number of nitrogens with zero attached hydrogens (tertiary/aromatic N) is 3.